The van der Waals surface area contributed by atoms with Crippen LogP contribution in [0.25, 0.3) is 0 Å². The summed E-state index contributed by atoms with van der Waals surface area (Å²) in [7, 11) is 2.83. The topological polar surface area (TPSA) is 79.2 Å². The summed E-state index contributed by atoms with van der Waals surface area (Å²) in [5, 5.41) is 28.8. The second-order valence-electron chi connectivity index (χ2n) is 3.57. The molecule has 0 rings (SSSR count). The van der Waals surface area contributed by atoms with Gasteiger partial charge in [-0.1, -0.05) is 13.3 Å². The van der Waals surface area contributed by atoms with Crippen LogP contribution in [0.15, 0.2) is 0 Å². The molecule has 0 aliphatic rings. The van der Waals surface area contributed by atoms with Crippen LogP contribution in [-0.2, 0) is 9.47 Å². The van der Waals surface area contributed by atoms with Crippen LogP contribution in [0.1, 0.15) is 19.8 Å². The largest absolute Gasteiger partial charge is 0.390 e. The Balaban J connectivity index is 4.24. The molecule has 92 valence electrons. The molecule has 15 heavy (non-hydrogen) atoms. The van der Waals surface area contributed by atoms with Crippen LogP contribution in [0.3, 0.4) is 0 Å². The van der Waals surface area contributed by atoms with E-state index in [1.807, 2.05) is 6.92 Å². The second-order valence-corrected chi connectivity index (χ2v) is 3.57. The first-order valence-corrected chi connectivity index (χ1v) is 5.14. The summed E-state index contributed by atoms with van der Waals surface area (Å²) in [5.41, 5.74) is 0. The van der Waals surface area contributed by atoms with Gasteiger partial charge in [0.25, 0.3) is 0 Å². The van der Waals surface area contributed by atoms with E-state index >= 15 is 0 Å². The number of hydrogen-bond acceptors (Lipinski definition) is 5. The van der Waals surface area contributed by atoms with Crippen LogP contribution in [0.5, 0.6) is 0 Å². The first kappa shape index (κ1) is 14.8. The van der Waals surface area contributed by atoms with Crippen molar-refractivity contribution >= 4 is 0 Å². The van der Waals surface area contributed by atoms with Gasteiger partial charge in [0, 0.05) is 14.2 Å². The number of rotatable bonds is 8. The number of hydrogen-bond donors (Lipinski definition) is 3. The molecular formula is C10H22O5. The molecule has 0 aromatic rings. The zero-order valence-electron chi connectivity index (χ0n) is 9.59. The summed E-state index contributed by atoms with van der Waals surface area (Å²) in [6, 6.07) is 0. The van der Waals surface area contributed by atoms with Gasteiger partial charge in [-0.25, -0.2) is 0 Å². The van der Waals surface area contributed by atoms with Crippen LogP contribution in [-0.4, -0.2) is 60.6 Å². The molecule has 0 saturated carbocycles. The van der Waals surface area contributed by atoms with Gasteiger partial charge in [-0.2, -0.15) is 0 Å². The lowest BCUT2D eigenvalue weighted by Crippen LogP contribution is -2.47. The van der Waals surface area contributed by atoms with E-state index in [0.717, 1.165) is 6.42 Å². The third kappa shape index (κ3) is 4.90. The van der Waals surface area contributed by atoms with Gasteiger partial charge >= 0.3 is 0 Å². The summed E-state index contributed by atoms with van der Waals surface area (Å²) in [4.78, 5) is 0. The standard InChI is InChI=1S/C10H22O5/c1-4-5-7(11)9(13)10(15-3)8(12)6-14-2/h7-13H,4-6H2,1-3H3. The van der Waals surface area contributed by atoms with Gasteiger partial charge in [0.1, 0.15) is 18.3 Å². The fraction of sp³-hybridized carbons (Fsp3) is 1.00. The van der Waals surface area contributed by atoms with E-state index in [9.17, 15) is 15.3 Å². The quantitative estimate of drug-likeness (QED) is 0.517. The van der Waals surface area contributed by atoms with Gasteiger partial charge in [-0.05, 0) is 6.42 Å². The Labute approximate surface area is 90.6 Å². The molecule has 0 radical (unpaired) electrons. The number of aliphatic hydroxyl groups is 3. The van der Waals surface area contributed by atoms with E-state index in [2.05, 4.69) is 0 Å². The van der Waals surface area contributed by atoms with Gasteiger partial charge in [0.15, 0.2) is 0 Å². The summed E-state index contributed by atoms with van der Waals surface area (Å²) in [6.07, 6.45) is -2.52. The second kappa shape index (κ2) is 8.01. The fourth-order valence-electron chi connectivity index (χ4n) is 1.48. The van der Waals surface area contributed by atoms with Gasteiger partial charge in [0.05, 0.1) is 12.7 Å². The van der Waals surface area contributed by atoms with E-state index in [0.29, 0.717) is 6.42 Å². The minimum Gasteiger partial charge on any atom is -0.390 e. The van der Waals surface area contributed by atoms with Crippen LogP contribution < -0.4 is 0 Å². The normalized spacial score (nSPS) is 19.6. The van der Waals surface area contributed by atoms with E-state index in [-0.39, 0.29) is 6.61 Å². The average molecular weight is 222 g/mol. The highest BCUT2D eigenvalue weighted by Crippen LogP contribution is 2.12. The van der Waals surface area contributed by atoms with Crippen molar-refractivity contribution in [2.45, 2.75) is 44.2 Å². The molecule has 0 fully saturated rings. The molecule has 0 saturated heterocycles. The number of methoxy groups -OCH3 is 2. The lowest BCUT2D eigenvalue weighted by molar-refractivity contribution is -0.133. The van der Waals surface area contributed by atoms with E-state index in [1.54, 1.807) is 0 Å². The molecule has 0 aromatic carbocycles. The Bertz CT molecular complexity index is 153. The SMILES string of the molecule is CCCC(O)C(O)C(OC)C(O)COC. The third-order valence-electron chi connectivity index (χ3n) is 2.30. The average Bonchev–Trinajstić information content (AvgIpc) is 2.19. The number of aliphatic hydroxyl groups excluding tert-OH is 3. The smallest absolute Gasteiger partial charge is 0.114 e. The molecule has 0 amide bonds. The lowest BCUT2D eigenvalue weighted by atomic mass is 10.00. The Morgan fingerprint density at radius 1 is 1.07 bits per heavy atom. The van der Waals surface area contributed by atoms with Crippen molar-refractivity contribution in [3.63, 3.8) is 0 Å². The molecular weight excluding hydrogens is 200 g/mol. The fourth-order valence-corrected chi connectivity index (χ4v) is 1.48. The number of ether oxygens (including phenoxy) is 2. The monoisotopic (exact) mass is 222 g/mol. The van der Waals surface area contributed by atoms with Gasteiger partial charge < -0.3 is 24.8 Å². The minimum absolute atomic E-state index is 0.0639. The molecule has 5 nitrogen and oxygen atoms in total. The molecule has 0 aliphatic heterocycles. The van der Waals surface area contributed by atoms with Gasteiger partial charge in [-0.3, -0.25) is 0 Å². The Kier molecular flexibility index (Phi) is 7.90. The van der Waals surface area contributed by atoms with Crippen molar-refractivity contribution in [3.8, 4) is 0 Å². The molecule has 0 heterocycles. The predicted molar refractivity (Wildman–Crippen MR) is 55.6 cm³/mol. The summed E-state index contributed by atoms with van der Waals surface area (Å²) >= 11 is 0. The van der Waals surface area contributed by atoms with Crippen molar-refractivity contribution < 1.29 is 24.8 Å². The predicted octanol–water partition coefficient (Wildman–Crippen LogP) is -0.469. The molecule has 5 heteroatoms. The minimum atomic E-state index is -1.10. The first-order valence-electron chi connectivity index (χ1n) is 5.14. The maximum absolute atomic E-state index is 9.72. The molecule has 0 bridgehead atoms. The van der Waals surface area contributed by atoms with Crippen LogP contribution >= 0.6 is 0 Å². The Hall–Kier alpha value is -0.200. The van der Waals surface area contributed by atoms with E-state index in [1.165, 1.54) is 14.2 Å². The van der Waals surface area contributed by atoms with Crippen molar-refractivity contribution in [2.24, 2.45) is 0 Å². The van der Waals surface area contributed by atoms with Gasteiger partial charge in [-0.15, -0.1) is 0 Å². The molecule has 0 spiro atoms. The zero-order valence-corrected chi connectivity index (χ0v) is 9.59. The van der Waals surface area contributed by atoms with Crippen LogP contribution in [0.2, 0.25) is 0 Å². The summed E-state index contributed by atoms with van der Waals surface area (Å²) in [6.45, 7) is 1.97. The van der Waals surface area contributed by atoms with Gasteiger partial charge in [0.2, 0.25) is 0 Å². The summed E-state index contributed by atoms with van der Waals surface area (Å²) in [5.74, 6) is 0. The maximum Gasteiger partial charge on any atom is 0.114 e. The summed E-state index contributed by atoms with van der Waals surface area (Å²) < 4.78 is 9.71. The maximum atomic E-state index is 9.72. The molecule has 0 aromatic heterocycles. The van der Waals surface area contributed by atoms with E-state index < -0.39 is 24.4 Å². The Morgan fingerprint density at radius 3 is 2.07 bits per heavy atom. The highest BCUT2D eigenvalue weighted by Gasteiger charge is 2.31. The zero-order chi connectivity index (χ0) is 11.8. The highest BCUT2D eigenvalue weighted by atomic mass is 16.5. The molecule has 4 unspecified atom stereocenters. The van der Waals surface area contributed by atoms with Crippen molar-refractivity contribution in [2.75, 3.05) is 20.8 Å². The van der Waals surface area contributed by atoms with E-state index in [4.69, 9.17) is 9.47 Å². The first-order chi connectivity index (χ1) is 7.08. The molecule has 0 aliphatic carbocycles. The van der Waals surface area contributed by atoms with Crippen LogP contribution in [0, 0.1) is 0 Å². The van der Waals surface area contributed by atoms with Crippen molar-refractivity contribution in [1.29, 1.82) is 0 Å². The van der Waals surface area contributed by atoms with Crippen LogP contribution in [0.4, 0.5) is 0 Å². The lowest BCUT2D eigenvalue weighted by Gasteiger charge is -2.28. The Morgan fingerprint density at radius 2 is 1.67 bits per heavy atom. The van der Waals surface area contributed by atoms with Crippen molar-refractivity contribution in [1.82, 2.24) is 0 Å². The highest BCUT2D eigenvalue weighted by molar-refractivity contribution is 4.81. The molecule has 3 N–H and O–H groups in total. The molecule has 4 atom stereocenters. The van der Waals surface area contributed by atoms with Crippen molar-refractivity contribution in [3.05, 3.63) is 0 Å². The third-order valence-corrected chi connectivity index (χ3v) is 2.30.